The van der Waals surface area contributed by atoms with E-state index < -0.39 is 6.04 Å². The van der Waals surface area contributed by atoms with Crippen LogP contribution in [0.5, 0.6) is 0 Å². The average Bonchev–Trinajstić information content (AvgIpc) is 2.88. The lowest BCUT2D eigenvalue weighted by molar-refractivity contribution is -0.126. The summed E-state index contributed by atoms with van der Waals surface area (Å²) in [5.41, 5.74) is 1.90. The molecule has 5 nitrogen and oxygen atoms in total. The van der Waals surface area contributed by atoms with E-state index in [1.807, 2.05) is 49.4 Å². The van der Waals surface area contributed by atoms with Gasteiger partial charge in [0.05, 0.1) is 0 Å². The quantitative estimate of drug-likeness (QED) is 0.918. The lowest BCUT2D eigenvalue weighted by atomic mass is 10.1. The van der Waals surface area contributed by atoms with Gasteiger partial charge in [0.1, 0.15) is 6.04 Å². The maximum absolute atomic E-state index is 12.6. The zero-order chi connectivity index (χ0) is 16.9. The van der Waals surface area contributed by atoms with E-state index in [1.165, 1.54) is 0 Å². The third-order valence-corrected chi connectivity index (χ3v) is 4.29. The molecule has 1 aromatic carbocycles. The Morgan fingerprint density at radius 3 is 2.75 bits per heavy atom. The second-order valence-corrected chi connectivity index (χ2v) is 6.11. The fraction of sp³-hybridized carbons (Fsp3) is 0.316. The highest BCUT2D eigenvalue weighted by Gasteiger charge is 2.38. The molecule has 1 aromatic heterocycles. The monoisotopic (exact) mass is 323 g/mol. The molecule has 5 heteroatoms. The summed E-state index contributed by atoms with van der Waals surface area (Å²) >= 11 is 0. The summed E-state index contributed by atoms with van der Waals surface area (Å²) in [6.45, 7) is 2.01. The number of anilines is 1. The van der Waals surface area contributed by atoms with Crippen molar-refractivity contribution in [3.63, 3.8) is 0 Å². The fourth-order valence-corrected chi connectivity index (χ4v) is 3.09. The summed E-state index contributed by atoms with van der Waals surface area (Å²) in [6.07, 6.45) is 5.08. The molecule has 0 spiro atoms. The number of rotatable bonds is 5. The highest BCUT2D eigenvalue weighted by molar-refractivity contribution is 6.02. The van der Waals surface area contributed by atoms with Gasteiger partial charge in [0.2, 0.25) is 11.8 Å². The number of aromatic nitrogens is 1. The average molecular weight is 323 g/mol. The number of hydrogen-bond donors (Lipinski definition) is 1. The molecule has 2 aromatic rings. The van der Waals surface area contributed by atoms with Crippen molar-refractivity contribution in [2.45, 2.75) is 38.3 Å². The lowest BCUT2D eigenvalue weighted by Crippen LogP contribution is -2.42. The predicted octanol–water partition coefficient (Wildman–Crippen LogP) is 2.32. The SMILES string of the molecule is C[C@@H]1C[C@H](NC(=O)CCc2cccnc2)C(=O)N1c1ccccc1. The van der Waals surface area contributed by atoms with Crippen molar-refractivity contribution < 1.29 is 9.59 Å². The number of nitrogens with zero attached hydrogens (tertiary/aromatic N) is 2. The number of pyridine rings is 1. The Hall–Kier alpha value is -2.69. The van der Waals surface area contributed by atoms with Crippen LogP contribution in [0.1, 0.15) is 25.3 Å². The van der Waals surface area contributed by atoms with Crippen molar-refractivity contribution >= 4 is 17.5 Å². The van der Waals surface area contributed by atoms with Crippen LogP contribution in [0.15, 0.2) is 54.9 Å². The molecular formula is C19H21N3O2. The molecular weight excluding hydrogens is 302 g/mol. The minimum Gasteiger partial charge on any atom is -0.344 e. The standard InChI is InChI=1S/C19H21N3O2/c1-14-12-17(19(24)22(14)16-7-3-2-4-8-16)21-18(23)10-9-15-6-5-11-20-13-15/h2-8,11,13-14,17H,9-10,12H2,1H3,(H,21,23)/t14-,17+/m1/s1. The molecule has 1 N–H and O–H groups in total. The Balaban J connectivity index is 1.58. The molecule has 0 aliphatic carbocycles. The molecule has 1 aliphatic rings. The Morgan fingerprint density at radius 2 is 2.04 bits per heavy atom. The summed E-state index contributed by atoms with van der Waals surface area (Å²) in [5.74, 6) is -0.136. The summed E-state index contributed by atoms with van der Waals surface area (Å²) in [5, 5.41) is 2.88. The first-order chi connectivity index (χ1) is 11.6. The van der Waals surface area contributed by atoms with Crippen LogP contribution in [0.4, 0.5) is 5.69 Å². The van der Waals surface area contributed by atoms with Crippen molar-refractivity contribution in [3.8, 4) is 0 Å². The van der Waals surface area contributed by atoms with E-state index in [0.717, 1.165) is 11.3 Å². The van der Waals surface area contributed by atoms with Crippen LogP contribution < -0.4 is 10.2 Å². The maximum atomic E-state index is 12.6. The smallest absolute Gasteiger partial charge is 0.249 e. The molecule has 2 heterocycles. The highest BCUT2D eigenvalue weighted by Crippen LogP contribution is 2.26. The first-order valence-electron chi connectivity index (χ1n) is 8.21. The lowest BCUT2D eigenvalue weighted by Gasteiger charge is -2.21. The molecule has 124 valence electrons. The minimum absolute atomic E-state index is 0.0385. The molecule has 0 unspecified atom stereocenters. The van der Waals surface area contributed by atoms with Gasteiger partial charge in [-0.1, -0.05) is 24.3 Å². The van der Waals surface area contributed by atoms with E-state index in [-0.39, 0.29) is 17.9 Å². The Morgan fingerprint density at radius 1 is 1.25 bits per heavy atom. The molecule has 2 atom stereocenters. The van der Waals surface area contributed by atoms with E-state index >= 15 is 0 Å². The zero-order valence-electron chi connectivity index (χ0n) is 13.7. The number of benzene rings is 1. The van der Waals surface area contributed by atoms with Crippen LogP contribution in [0, 0.1) is 0 Å². The fourth-order valence-electron chi connectivity index (χ4n) is 3.09. The summed E-state index contributed by atoms with van der Waals surface area (Å²) in [7, 11) is 0. The molecule has 1 saturated heterocycles. The first kappa shape index (κ1) is 16.2. The number of amides is 2. The molecule has 3 rings (SSSR count). The van der Waals surface area contributed by atoms with E-state index in [4.69, 9.17) is 0 Å². The predicted molar refractivity (Wildman–Crippen MR) is 92.5 cm³/mol. The van der Waals surface area contributed by atoms with Crippen LogP contribution in [0.25, 0.3) is 0 Å². The van der Waals surface area contributed by atoms with E-state index in [1.54, 1.807) is 17.3 Å². The third-order valence-electron chi connectivity index (χ3n) is 4.29. The molecule has 0 bridgehead atoms. The number of para-hydroxylation sites is 1. The first-order valence-corrected chi connectivity index (χ1v) is 8.21. The second kappa shape index (κ2) is 7.25. The summed E-state index contributed by atoms with van der Waals surface area (Å²) in [4.78, 5) is 30.6. The molecule has 2 amide bonds. The molecule has 0 radical (unpaired) electrons. The van der Waals surface area contributed by atoms with Crippen molar-refractivity contribution in [3.05, 3.63) is 60.4 Å². The normalized spacial score (nSPS) is 20.2. The van der Waals surface area contributed by atoms with Crippen LogP contribution in [-0.2, 0) is 16.0 Å². The Bertz CT molecular complexity index is 703. The summed E-state index contributed by atoms with van der Waals surface area (Å²) < 4.78 is 0. The number of nitrogens with one attached hydrogen (secondary N) is 1. The highest BCUT2D eigenvalue weighted by atomic mass is 16.2. The van der Waals surface area contributed by atoms with Crippen LogP contribution in [-0.4, -0.2) is 28.9 Å². The van der Waals surface area contributed by atoms with Gasteiger partial charge in [0, 0.05) is 30.5 Å². The van der Waals surface area contributed by atoms with Gasteiger partial charge in [0.25, 0.3) is 0 Å². The van der Waals surface area contributed by atoms with E-state index in [9.17, 15) is 9.59 Å². The third kappa shape index (κ3) is 3.62. The minimum atomic E-state index is -0.443. The Labute approximate surface area is 141 Å². The van der Waals surface area contributed by atoms with Gasteiger partial charge < -0.3 is 10.2 Å². The van der Waals surface area contributed by atoms with Gasteiger partial charge in [-0.15, -0.1) is 0 Å². The largest absolute Gasteiger partial charge is 0.344 e. The van der Waals surface area contributed by atoms with Gasteiger partial charge in [-0.05, 0) is 43.5 Å². The number of aryl methyl sites for hydroxylation is 1. The van der Waals surface area contributed by atoms with Gasteiger partial charge >= 0.3 is 0 Å². The number of hydrogen-bond acceptors (Lipinski definition) is 3. The second-order valence-electron chi connectivity index (χ2n) is 6.11. The topological polar surface area (TPSA) is 62.3 Å². The van der Waals surface area contributed by atoms with Crippen molar-refractivity contribution in [2.75, 3.05) is 4.90 Å². The van der Waals surface area contributed by atoms with Crippen LogP contribution in [0.3, 0.4) is 0 Å². The maximum Gasteiger partial charge on any atom is 0.249 e. The van der Waals surface area contributed by atoms with Crippen molar-refractivity contribution in [1.29, 1.82) is 0 Å². The number of carbonyl (C=O) groups is 2. The van der Waals surface area contributed by atoms with Gasteiger partial charge in [0.15, 0.2) is 0 Å². The van der Waals surface area contributed by atoms with E-state index in [2.05, 4.69) is 10.3 Å². The number of carbonyl (C=O) groups excluding carboxylic acids is 2. The molecule has 1 aliphatic heterocycles. The van der Waals surface area contributed by atoms with E-state index in [0.29, 0.717) is 19.3 Å². The van der Waals surface area contributed by atoms with Crippen molar-refractivity contribution in [2.24, 2.45) is 0 Å². The summed E-state index contributed by atoms with van der Waals surface area (Å²) in [6, 6.07) is 13.0. The van der Waals surface area contributed by atoms with Gasteiger partial charge in [-0.2, -0.15) is 0 Å². The van der Waals surface area contributed by atoms with Gasteiger partial charge in [-0.3, -0.25) is 14.6 Å². The molecule has 0 saturated carbocycles. The van der Waals surface area contributed by atoms with Crippen LogP contribution in [0.2, 0.25) is 0 Å². The zero-order valence-corrected chi connectivity index (χ0v) is 13.7. The Kier molecular flexibility index (Phi) is 4.89. The molecule has 24 heavy (non-hydrogen) atoms. The van der Waals surface area contributed by atoms with Gasteiger partial charge in [-0.25, -0.2) is 0 Å². The van der Waals surface area contributed by atoms with Crippen molar-refractivity contribution in [1.82, 2.24) is 10.3 Å². The molecule has 1 fully saturated rings. The van der Waals surface area contributed by atoms with Crippen LogP contribution >= 0.6 is 0 Å².